The predicted octanol–water partition coefficient (Wildman–Crippen LogP) is 2.24. The number of nitrogen functional groups attached to an aromatic ring is 1. The molecule has 18 heavy (non-hydrogen) atoms. The van der Waals surface area contributed by atoms with E-state index in [4.69, 9.17) is 22.5 Å². The normalized spacial score (nSPS) is 11.4. The Kier molecular flexibility index (Phi) is 3.30. The standard InChI is InChI=1S/C12H11ClN2O2S/c13-12-7-9(14)3-6-11(12)8-1-4-10(5-2-8)18(15,16)17/h1-7H,14H2,(H2,15,16,17). The molecule has 0 aliphatic carbocycles. The van der Waals surface area contributed by atoms with Gasteiger partial charge in [-0.2, -0.15) is 0 Å². The van der Waals surface area contributed by atoms with E-state index >= 15 is 0 Å². The van der Waals surface area contributed by atoms with E-state index in [1.165, 1.54) is 12.1 Å². The van der Waals surface area contributed by atoms with Gasteiger partial charge in [0.15, 0.2) is 0 Å². The summed E-state index contributed by atoms with van der Waals surface area (Å²) in [7, 11) is -3.67. The molecule has 0 atom stereocenters. The summed E-state index contributed by atoms with van der Waals surface area (Å²) in [5.74, 6) is 0. The van der Waals surface area contributed by atoms with Gasteiger partial charge in [-0.25, -0.2) is 13.6 Å². The molecule has 2 aromatic rings. The minimum absolute atomic E-state index is 0.0674. The van der Waals surface area contributed by atoms with E-state index in [-0.39, 0.29) is 4.90 Å². The van der Waals surface area contributed by atoms with E-state index in [2.05, 4.69) is 0 Å². The summed E-state index contributed by atoms with van der Waals surface area (Å²) in [6.07, 6.45) is 0. The van der Waals surface area contributed by atoms with Gasteiger partial charge in [0.1, 0.15) is 0 Å². The topological polar surface area (TPSA) is 86.2 Å². The van der Waals surface area contributed by atoms with E-state index in [0.29, 0.717) is 10.7 Å². The zero-order valence-electron chi connectivity index (χ0n) is 9.30. The van der Waals surface area contributed by atoms with E-state index in [1.54, 1.807) is 30.3 Å². The number of benzene rings is 2. The van der Waals surface area contributed by atoms with Gasteiger partial charge in [-0.1, -0.05) is 29.8 Å². The predicted molar refractivity (Wildman–Crippen MR) is 72.7 cm³/mol. The first-order valence-corrected chi connectivity index (χ1v) is 6.98. The van der Waals surface area contributed by atoms with Crippen LogP contribution in [0.3, 0.4) is 0 Å². The fraction of sp³-hybridized carbons (Fsp3) is 0. The Labute approximate surface area is 110 Å². The highest BCUT2D eigenvalue weighted by Crippen LogP contribution is 2.29. The molecular formula is C12H11ClN2O2S. The minimum atomic E-state index is -3.67. The smallest absolute Gasteiger partial charge is 0.238 e. The monoisotopic (exact) mass is 282 g/mol. The molecule has 0 radical (unpaired) electrons. The van der Waals surface area contributed by atoms with E-state index in [9.17, 15) is 8.42 Å². The van der Waals surface area contributed by atoms with Crippen molar-refractivity contribution in [1.82, 2.24) is 0 Å². The highest BCUT2D eigenvalue weighted by Gasteiger charge is 2.09. The lowest BCUT2D eigenvalue weighted by molar-refractivity contribution is 0.598. The largest absolute Gasteiger partial charge is 0.399 e. The zero-order valence-corrected chi connectivity index (χ0v) is 10.9. The van der Waals surface area contributed by atoms with Crippen LogP contribution in [0, 0.1) is 0 Å². The van der Waals surface area contributed by atoms with Crippen LogP contribution in [0.4, 0.5) is 5.69 Å². The molecule has 94 valence electrons. The van der Waals surface area contributed by atoms with Crippen molar-refractivity contribution in [2.24, 2.45) is 5.14 Å². The van der Waals surface area contributed by atoms with E-state index < -0.39 is 10.0 Å². The second kappa shape index (κ2) is 4.61. The molecule has 0 saturated carbocycles. The third-order valence-corrected chi connectivity index (χ3v) is 3.73. The van der Waals surface area contributed by atoms with Crippen LogP contribution in [0.25, 0.3) is 11.1 Å². The first-order valence-electron chi connectivity index (χ1n) is 5.06. The van der Waals surface area contributed by atoms with Crippen LogP contribution in [0.2, 0.25) is 5.02 Å². The van der Waals surface area contributed by atoms with Crippen molar-refractivity contribution >= 4 is 27.3 Å². The number of primary sulfonamides is 1. The molecule has 0 amide bonds. The Bertz CT molecular complexity index is 682. The summed E-state index contributed by atoms with van der Waals surface area (Å²) in [5.41, 5.74) is 7.76. The van der Waals surface area contributed by atoms with Crippen LogP contribution in [-0.4, -0.2) is 8.42 Å². The summed E-state index contributed by atoms with van der Waals surface area (Å²) in [6.45, 7) is 0. The van der Waals surface area contributed by atoms with Crippen LogP contribution in [0.5, 0.6) is 0 Å². The van der Waals surface area contributed by atoms with Gasteiger partial charge in [0.05, 0.1) is 9.92 Å². The van der Waals surface area contributed by atoms with Crippen molar-refractivity contribution in [3.63, 3.8) is 0 Å². The minimum Gasteiger partial charge on any atom is -0.399 e. The number of hydrogen-bond donors (Lipinski definition) is 2. The SMILES string of the molecule is Nc1ccc(-c2ccc(S(N)(=O)=O)cc2)c(Cl)c1. The summed E-state index contributed by atoms with van der Waals surface area (Å²) in [4.78, 5) is 0.0674. The molecule has 4 N–H and O–H groups in total. The number of halogens is 1. The molecule has 0 spiro atoms. The molecule has 2 rings (SSSR count). The van der Waals surface area contributed by atoms with E-state index in [0.717, 1.165) is 11.1 Å². The molecule has 6 heteroatoms. The van der Waals surface area contributed by atoms with Gasteiger partial charge in [-0.05, 0) is 29.8 Å². The molecule has 0 unspecified atom stereocenters. The first-order chi connectivity index (χ1) is 8.38. The maximum absolute atomic E-state index is 11.1. The van der Waals surface area contributed by atoms with Gasteiger partial charge >= 0.3 is 0 Å². The molecule has 0 saturated heterocycles. The van der Waals surface area contributed by atoms with Crippen molar-refractivity contribution in [2.45, 2.75) is 4.90 Å². The molecule has 0 aliphatic rings. The highest BCUT2D eigenvalue weighted by atomic mass is 35.5. The third kappa shape index (κ3) is 2.64. The van der Waals surface area contributed by atoms with Gasteiger partial charge < -0.3 is 5.73 Å². The summed E-state index contributed by atoms with van der Waals surface area (Å²) in [5, 5.41) is 5.54. The fourth-order valence-electron chi connectivity index (χ4n) is 1.59. The Morgan fingerprint density at radius 1 is 1.00 bits per heavy atom. The lowest BCUT2D eigenvalue weighted by atomic mass is 10.1. The zero-order chi connectivity index (χ0) is 13.3. The van der Waals surface area contributed by atoms with Crippen molar-refractivity contribution in [2.75, 3.05) is 5.73 Å². The highest BCUT2D eigenvalue weighted by molar-refractivity contribution is 7.89. The fourth-order valence-corrected chi connectivity index (χ4v) is 2.40. The van der Waals surface area contributed by atoms with Crippen LogP contribution in [-0.2, 0) is 10.0 Å². The summed E-state index contributed by atoms with van der Waals surface area (Å²) < 4.78 is 22.3. The van der Waals surface area contributed by atoms with Gasteiger partial charge in [-0.3, -0.25) is 0 Å². The lowest BCUT2D eigenvalue weighted by Crippen LogP contribution is -2.11. The maximum atomic E-state index is 11.1. The van der Waals surface area contributed by atoms with Crippen LogP contribution < -0.4 is 10.9 Å². The van der Waals surface area contributed by atoms with Crippen molar-refractivity contribution in [3.8, 4) is 11.1 Å². The first kappa shape index (κ1) is 12.9. The quantitative estimate of drug-likeness (QED) is 0.828. The molecule has 0 fully saturated rings. The molecule has 0 heterocycles. The Morgan fingerprint density at radius 3 is 2.11 bits per heavy atom. The van der Waals surface area contributed by atoms with E-state index in [1.807, 2.05) is 0 Å². The Hall–Kier alpha value is -1.56. The molecule has 4 nitrogen and oxygen atoms in total. The summed E-state index contributed by atoms with van der Waals surface area (Å²) in [6, 6.07) is 11.3. The number of nitrogens with two attached hydrogens (primary N) is 2. The molecule has 0 bridgehead atoms. The molecule has 2 aromatic carbocycles. The maximum Gasteiger partial charge on any atom is 0.238 e. The third-order valence-electron chi connectivity index (χ3n) is 2.49. The lowest BCUT2D eigenvalue weighted by Gasteiger charge is -2.06. The second-order valence-corrected chi connectivity index (χ2v) is 5.78. The van der Waals surface area contributed by atoms with Crippen molar-refractivity contribution in [1.29, 1.82) is 0 Å². The molecular weight excluding hydrogens is 272 g/mol. The Morgan fingerprint density at radius 2 is 1.61 bits per heavy atom. The average Bonchev–Trinajstić information content (AvgIpc) is 2.28. The van der Waals surface area contributed by atoms with Crippen molar-refractivity contribution in [3.05, 3.63) is 47.5 Å². The Balaban J connectivity index is 2.47. The molecule has 0 aliphatic heterocycles. The van der Waals surface area contributed by atoms with Crippen LogP contribution >= 0.6 is 11.6 Å². The number of hydrogen-bond acceptors (Lipinski definition) is 3. The van der Waals surface area contributed by atoms with Gasteiger partial charge in [0, 0.05) is 11.3 Å². The van der Waals surface area contributed by atoms with Crippen LogP contribution in [0.1, 0.15) is 0 Å². The average molecular weight is 283 g/mol. The second-order valence-electron chi connectivity index (χ2n) is 3.81. The number of sulfonamides is 1. The van der Waals surface area contributed by atoms with Gasteiger partial charge in [0.2, 0.25) is 10.0 Å². The van der Waals surface area contributed by atoms with Gasteiger partial charge in [-0.15, -0.1) is 0 Å². The van der Waals surface area contributed by atoms with Gasteiger partial charge in [0.25, 0.3) is 0 Å². The number of anilines is 1. The molecule has 0 aromatic heterocycles. The van der Waals surface area contributed by atoms with Crippen molar-refractivity contribution < 1.29 is 8.42 Å². The number of rotatable bonds is 2. The summed E-state index contributed by atoms with van der Waals surface area (Å²) >= 11 is 6.07. The van der Waals surface area contributed by atoms with Crippen LogP contribution in [0.15, 0.2) is 47.4 Å².